The average Bonchev–Trinajstić information content (AvgIpc) is 2.78. The number of pyridine rings is 1. The SMILES string of the molecule is CN=C(NCc1cc(N(C)C)nc2ccccc12)NCC(CC(C)C)N1CCOCC1.I. The lowest BCUT2D eigenvalue weighted by molar-refractivity contribution is 0.0132. The van der Waals surface area contributed by atoms with Gasteiger partial charge in [0.25, 0.3) is 0 Å². The van der Waals surface area contributed by atoms with Crippen molar-refractivity contribution in [2.45, 2.75) is 32.9 Å². The van der Waals surface area contributed by atoms with Crippen LogP contribution in [0.3, 0.4) is 0 Å². The first-order valence-electron chi connectivity index (χ1n) is 11.3. The number of aromatic nitrogens is 1. The summed E-state index contributed by atoms with van der Waals surface area (Å²) in [4.78, 5) is 13.8. The molecule has 3 rings (SSSR count). The van der Waals surface area contributed by atoms with Gasteiger partial charge in [0.15, 0.2) is 5.96 Å². The minimum absolute atomic E-state index is 0. The second kappa shape index (κ2) is 13.2. The molecule has 2 N–H and O–H groups in total. The number of fused-ring (bicyclic) bond motifs is 1. The molecule has 1 aliphatic rings. The number of nitrogens with one attached hydrogen (secondary N) is 2. The number of nitrogens with zero attached hydrogens (tertiary/aromatic N) is 4. The number of anilines is 1. The Kier molecular flexibility index (Phi) is 10.9. The van der Waals surface area contributed by atoms with E-state index < -0.39 is 0 Å². The fourth-order valence-electron chi connectivity index (χ4n) is 4.07. The van der Waals surface area contributed by atoms with Gasteiger partial charge in [-0.15, -0.1) is 24.0 Å². The molecule has 1 aromatic heterocycles. The van der Waals surface area contributed by atoms with Crippen LogP contribution in [0.5, 0.6) is 0 Å². The van der Waals surface area contributed by atoms with E-state index in [0.29, 0.717) is 18.5 Å². The lowest BCUT2D eigenvalue weighted by Crippen LogP contribution is -2.51. The lowest BCUT2D eigenvalue weighted by atomic mass is 10.0. The first-order valence-corrected chi connectivity index (χ1v) is 11.3. The highest BCUT2D eigenvalue weighted by Crippen LogP contribution is 2.22. The third-order valence-corrected chi connectivity index (χ3v) is 5.73. The summed E-state index contributed by atoms with van der Waals surface area (Å²) in [6.07, 6.45) is 1.16. The number of aliphatic imine (C=N–C) groups is 1. The van der Waals surface area contributed by atoms with Crippen molar-refractivity contribution < 1.29 is 4.74 Å². The van der Waals surface area contributed by atoms with Gasteiger partial charge >= 0.3 is 0 Å². The van der Waals surface area contributed by atoms with Gasteiger partial charge in [0.05, 0.1) is 18.7 Å². The molecule has 1 aromatic carbocycles. The van der Waals surface area contributed by atoms with Crippen molar-refractivity contribution in [2.75, 3.05) is 58.9 Å². The summed E-state index contributed by atoms with van der Waals surface area (Å²) in [5, 5.41) is 8.23. The molecule has 0 spiro atoms. The van der Waals surface area contributed by atoms with E-state index in [1.54, 1.807) is 0 Å². The van der Waals surface area contributed by atoms with Gasteiger partial charge in [-0.25, -0.2) is 4.98 Å². The van der Waals surface area contributed by atoms with Crippen molar-refractivity contribution >= 4 is 46.7 Å². The Hall–Kier alpha value is -1.65. The van der Waals surface area contributed by atoms with Gasteiger partial charge in [-0.3, -0.25) is 9.89 Å². The first-order chi connectivity index (χ1) is 15.0. The van der Waals surface area contributed by atoms with Crippen LogP contribution in [0.25, 0.3) is 10.9 Å². The van der Waals surface area contributed by atoms with Crippen LogP contribution in [0.4, 0.5) is 5.82 Å². The van der Waals surface area contributed by atoms with E-state index >= 15 is 0 Å². The highest BCUT2D eigenvalue weighted by Gasteiger charge is 2.22. The summed E-state index contributed by atoms with van der Waals surface area (Å²) < 4.78 is 5.54. The van der Waals surface area contributed by atoms with E-state index in [1.807, 2.05) is 32.1 Å². The van der Waals surface area contributed by atoms with Gasteiger partial charge < -0.3 is 20.3 Å². The number of hydrogen-bond acceptors (Lipinski definition) is 5. The summed E-state index contributed by atoms with van der Waals surface area (Å²) in [6, 6.07) is 10.9. The molecule has 0 amide bonds. The number of para-hydroxylation sites is 1. The predicted molar refractivity (Wildman–Crippen MR) is 145 cm³/mol. The molecule has 7 nitrogen and oxygen atoms in total. The van der Waals surface area contributed by atoms with Gasteiger partial charge in [0.2, 0.25) is 0 Å². The van der Waals surface area contributed by atoms with Crippen molar-refractivity contribution in [1.82, 2.24) is 20.5 Å². The fraction of sp³-hybridized carbons (Fsp3) is 0.583. The van der Waals surface area contributed by atoms with E-state index in [2.05, 4.69) is 58.6 Å². The average molecular weight is 555 g/mol. The Balaban J connectivity index is 0.00000363. The summed E-state index contributed by atoms with van der Waals surface area (Å²) in [6.45, 7) is 9.79. The Morgan fingerprint density at radius 1 is 1.19 bits per heavy atom. The maximum atomic E-state index is 5.54. The second-order valence-electron chi connectivity index (χ2n) is 8.79. The van der Waals surface area contributed by atoms with E-state index in [4.69, 9.17) is 9.72 Å². The standard InChI is InChI=1S/C24H38N6O.HI/c1-18(2)14-20(30-10-12-31-13-11-30)17-27-24(25-3)26-16-19-15-23(29(4)5)28-22-9-7-6-8-21(19)22;/h6-9,15,18,20H,10-14,16-17H2,1-5H3,(H2,25,26,27);1H. The number of hydrogen-bond donors (Lipinski definition) is 2. The summed E-state index contributed by atoms with van der Waals surface area (Å²) in [7, 11) is 5.88. The zero-order valence-corrected chi connectivity index (χ0v) is 22.4. The van der Waals surface area contributed by atoms with Crippen LogP contribution in [0.15, 0.2) is 35.3 Å². The van der Waals surface area contributed by atoms with Crippen molar-refractivity contribution in [3.8, 4) is 0 Å². The highest BCUT2D eigenvalue weighted by molar-refractivity contribution is 14.0. The van der Waals surface area contributed by atoms with E-state index in [1.165, 1.54) is 10.9 Å². The minimum Gasteiger partial charge on any atom is -0.379 e. The number of benzene rings is 1. The van der Waals surface area contributed by atoms with Crippen LogP contribution in [-0.2, 0) is 11.3 Å². The number of morpholine rings is 1. The quantitative estimate of drug-likeness (QED) is 0.297. The zero-order chi connectivity index (χ0) is 22.2. The van der Waals surface area contributed by atoms with Gasteiger partial charge in [-0.1, -0.05) is 32.0 Å². The Bertz CT molecular complexity index is 867. The molecule has 0 aliphatic carbocycles. The van der Waals surface area contributed by atoms with Crippen LogP contribution in [0, 0.1) is 5.92 Å². The number of rotatable bonds is 8. The Labute approximate surface area is 210 Å². The minimum atomic E-state index is 0. The largest absolute Gasteiger partial charge is 0.379 e. The zero-order valence-electron chi connectivity index (χ0n) is 20.1. The second-order valence-corrected chi connectivity index (χ2v) is 8.79. The third kappa shape index (κ3) is 7.45. The van der Waals surface area contributed by atoms with Crippen molar-refractivity contribution in [2.24, 2.45) is 10.9 Å². The molecule has 2 aromatic rings. The molecule has 0 radical (unpaired) electrons. The molecule has 1 atom stereocenters. The van der Waals surface area contributed by atoms with Gasteiger partial charge in [0.1, 0.15) is 5.82 Å². The molecule has 2 heterocycles. The normalized spacial score (nSPS) is 16.0. The van der Waals surface area contributed by atoms with Crippen molar-refractivity contribution in [3.63, 3.8) is 0 Å². The number of ether oxygens (including phenoxy) is 1. The van der Waals surface area contributed by atoms with Gasteiger partial charge in [-0.05, 0) is 30.0 Å². The summed E-state index contributed by atoms with van der Waals surface area (Å²) >= 11 is 0. The van der Waals surface area contributed by atoms with Crippen LogP contribution in [-0.4, -0.2) is 75.9 Å². The molecular weight excluding hydrogens is 515 g/mol. The smallest absolute Gasteiger partial charge is 0.191 e. The summed E-state index contributed by atoms with van der Waals surface area (Å²) in [5.41, 5.74) is 2.22. The molecular formula is C24H39IN6O. The lowest BCUT2D eigenvalue weighted by Gasteiger charge is -2.35. The fourth-order valence-corrected chi connectivity index (χ4v) is 4.07. The van der Waals surface area contributed by atoms with Gasteiger partial charge in [0, 0.05) is 58.8 Å². The molecule has 178 valence electrons. The maximum Gasteiger partial charge on any atom is 0.191 e. The van der Waals surface area contributed by atoms with Gasteiger partial charge in [-0.2, -0.15) is 0 Å². The summed E-state index contributed by atoms with van der Waals surface area (Å²) in [5.74, 6) is 2.44. The van der Waals surface area contributed by atoms with Crippen molar-refractivity contribution in [3.05, 3.63) is 35.9 Å². The van der Waals surface area contributed by atoms with Crippen LogP contribution >= 0.6 is 24.0 Å². The molecule has 1 fully saturated rings. The first kappa shape index (κ1) is 26.6. The van der Waals surface area contributed by atoms with E-state index in [-0.39, 0.29) is 24.0 Å². The molecule has 1 unspecified atom stereocenters. The predicted octanol–water partition coefficient (Wildman–Crippen LogP) is 3.33. The Morgan fingerprint density at radius 2 is 1.91 bits per heavy atom. The molecule has 0 saturated carbocycles. The highest BCUT2D eigenvalue weighted by atomic mass is 127. The molecule has 32 heavy (non-hydrogen) atoms. The van der Waals surface area contributed by atoms with Crippen molar-refractivity contribution in [1.29, 1.82) is 0 Å². The third-order valence-electron chi connectivity index (χ3n) is 5.73. The van der Waals surface area contributed by atoms with Crippen LogP contribution < -0.4 is 15.5 Å². The van der Waals surface area contributed by atoms with Crippen LogP contribution in [0.1, 0.15) is 25.8 Å². The van der Waals surface area contributed by atoms with Crippen LogP contribution in [0.2, 0.25) is 0 Å². The Morgan fingerprint density at radius 3 is 2.56 bits per heavy atom. The maximum absolute atomic E-state index is 5.54. The van der Waals surface area contributed by atoms with E-state index in [9.17, 15) is 0 Å². The number of halogens is 1. The monoisotopic (exact) mass is 554 g/mol. The molecule has 1 aliphatic heterocycles. The molecule has 1 saturated heterocycles. The van der Waals surface area contributed by atoms with E-state index in [0.717, 1.165) is 56.6 Å². The number of guanidine groups is 1. The molecule has 8 heteroatoms. The molecule has 0 bridgehead atoms. The topological polar surface area (TPSA) is 65.0 Å².